The third-order valence-corrected chi connectivity index (χ3v) is 5.53. The highest BCUT2D eigenvalue weighted by Gasteiger charge is 2.39. The molecule has 1 heterocycles. The molecule has 2 N–H and O–H groups in total. The van der Waals surface area contributed by atoms with Gasteiger partial charge in [0, 0.05) is 4.90 Å². The van der Waals surface area contributed by atoms with Crippen LogP contribution in [0.3, 0.4) is 0 Å². The minimum atomic E-state index is -0.360. The number of thioether (sulfide) groups is 1. The Kier molecular flexibility index (Phi) is 5.53. The van der Waals surface area contributed by atoms with Crippen molar-refractivity contribution in [3.8, 4) is 0 Å². The van der Waals surface area contributed by atoms with E-state index >= 15 is 0 Å². The van der Waals surface area contributed by atoms with E-state index in [1.165, 1.54) is 4.90 Å². The summed E-state index contributed by atoms with van der Waals surface area (Å²) in [6.07, 6.45) is 3.04. The Morgan fingerprint density at radius 1 is 1.23 bits per heavy atom. The topological polar surface area (TPSA) is 64.9 Å². The Morgan fingerprint density at radius 2 is 1.91 bits per heavy atom. The van der Waals surface area contributed by atoms with Gasteiger partial charge in [0.25, 0.3) is 0 Å². The largest absolute Gasteiger partial charge is 0.338 e. The summed E-state index contributed by atoms with van der Waals surface area (Å²) in [7, 11) is 0. The number of aromatic nitrogens is 2. The molecule has 22 heavy (non-hydrogen) atoms. The Labute approximate surface area is 141 Å². The molecule has 1 unspecified atom stereocenters. The Balaban J connectivity index is 0.00000176. The molecule has 3 rings (SSSR count). The van der Waals surface area contributed by atoms with Crippen LogP contribution in [-0.4, -0.2) is 10.1 Å². The zero-order valence-electron chi connectivity index (χ0n) is 12.9. The fourth-order valence-electron chi connectivity index (χ4n) is 2.45. The minimum absolute atomic E-state index is 0. The lowest BCUT2D eigenvalue weighted by molar-refractivity contribution is 0.228. The molecule has 1 aliphatic carbocycles. The maximum absolute atomic E-state index is 6.27. The molecule has 4 nitrogen and oxygen atoms in total. The van der Waals surface area contributed by atoms with Crippen LogP contribution in [0, 0.1) is 5.92 Å². The standard InChI is InChI=1S/C16H21N3OS.ClH/c1-11(2)13(21-12-7-4-3-5-8-12)14-18-15(19-20-14)16(17)9-6-10-16;/h3-5,7-8,11,13H,6,9-10,17H2,1-2H3;1H. The van der Waals surface area contributed by atoms with Crippen molar-refractivity contribution in [2.45, 2.75) is 48.8 Å². The van der Waals surface area contributed by atoms with Crippen molar-refractivity contribution in [2.75, 3.05) is 0 Å². The first-order valence-corrected chi connectivity index (χ1v) is 8.31. The van der Waals surface area contributed by atoms with Crippen molar-refractivity contribution in [3.63, 3.8) is 0 Å². The van der Waals surface area contributed by atoms with Gasteiger partial charge in [-0.1, -0.05) is 37.2 Å². The summed E-state index contributed by atoms with van der Waals surface area (Å²) in [5.41, 5.74) is 5.91. The van der Waals surface area contributed by atoms with Gasteiger partial charge in [-0.15, -0.1) is 24.2 Å². The highest BCUT2D eigenvalue weighted by atomic mass is 35.5. The van der Waals surface area contributed by atoms with Crippen molar-refractivity contribution < 1.29 is 4.52 Å². The first-order chi connectivity index (χ1) is 10.1. The number of hydrogen-bond acceptors (Lipinski definition) is 5. The van der Waals surface area contributed by atoms with Gasteiger partial charge in [-0.05, 0) is 37.3 Å². The lowest BCUT2D eigenvalue weighted by Crippen LogP contribution is -2.44. The van der Waals surface area contributed by atoms with Gasteiger partial charge >= 0.3 is 0 Å². The lowest BCUT2D eigenvalue weighted by Gasteiger charge is -2.34. The fraction of sp³-hybridized carbons (Fsp3) is 0.500. The second-order valence-corrected chi connectivity index (χ2v) is 7.28. The molecule has 0 spiro atoms. The number of benzene rings is 1. The van der Waals surface area contributed by atoms with Gasteiger partial charge in [0.1, 0.15) is 0 Å². The molecule has 1 aromatic carbocycles. The summed E-state index contributed by atoms with van der Waals surface area (Å²) in [5.74, 6) is 1.76. The fourth-order valence-corrected chi connectivity index (χ4v) is 3.53. The number of nitrogens with zero attached hydrogens (tertiary/aromatic N) is 2. The summed E-state index contributed by atoms with van der Waals surface area (Å²) < 4.78 is 5.52. The molecule has 6 heteroatoms. The average molecular weight is 340 g/mol. The van der Waals surface area contributed by atoms with Crippen LogP contribution < -0.4 is 5.73 Å². The second-order valence-electron chi connectivity index (χ2n) is 6.06. The van der Waals surface area contributed by atoms with Crippen molar-refractivity contribution in [3.05, 3.63) is 42.0 Å². The predicted octanol–water partition coefficient (Wildman–Crippen LogP) is 4.32. The molecule has 0 bridgehead atoms. The summed E-state index contributed by atoms with van der Waals surface area (Å²) in [4.78, 5) is 5.81. The van der Waals surface area contributed by atoms with Crippen LogP contribution in [0.25, 0.3) is 0 Å². The second kappa shape index (κ2) is 7.02. The van der Waals surface area contributed by atoms with E-state index in [4.69, 9.17) is 10.3 Å². The average Bonchev–Trinajstić information content (AvgIpc) is 2.92. The Hall–Kier alpha value is -1.04. The van der Waals surface area contributed by atoms with Gasteiger partial charge in [0.05, 0.1) is 10.8 Å². The van der Waals surface area contributed by atoms with E-state index in [2.05, 4.69) is 36.1 Å². The van der Waals surface area contributed by atoms with E-state index in [0.29, 0.717) is 17.6 Å². The van der Waals surface area contributed by atoms with Gasteiger partial charge < -0.3 is 10.3 Å². The van der Waals surface area contributed by atoms with Crippen molar-refractivity contribution in [1.29, 1.82) is 0 Å². The van der Waals surface area contributed by atoms with Gasteiger partial charge in [-0.3, -0.25) is 0 Å². The maximum atomic E-state index is 6.27. The molecule has 2 aromatic rings. The van der Waals surface area contributed by atoms with Crippen molar-refractivity contribution >= 4 is 24.2 Å². The Morgan fingerprint density at radius 3 is 2.45 bits per heavy atom. The first kappa shape index (κ1) is 17.3. The van der Waals surface area contributed by atoms with Crippen LogP contribution in [0.5, 0.6) is 0 Å². The van der Waals surface area contributed by atoms with E-state index in [1.807, 2.05) is 18.2 Å². The Bertz CT molecular complexity index is 598. The van der Waals surface area contributed by atoms with Crippen LogP contribution in [0.4, 0.5) is 0 Å². The monoisotopic (exact) mass is 339 g/mol. The molecule has 1 saturated carbocycles. The van der Waals surface area contributed by atoms with E-state index < -0.39 is 0 Å². The molecule has 1 atom stereocenters. The normalized spacial score (nSPS) is 17.6. The van der Waals surface area contributed by atoms with Crippen LogP contribution in [-0.2, 0) is 5.54 Å². The van der Waals surface area contributed by atoms with Gasteiger partial charge in [0.2, 0.25) is 5.89 Å². The van der Waals surface area contributed by atoms with Crippen molar-refractivity contribution in [1.82, 2.24) is 10.1 Å². The zero-order valence-corrected chi connectivity index (χ0v) is 14.5. The van der Waals surface area contributed by atoms with Crippen LogP contribution >= 0.6 is 24.2 Å². The predicted molar refractivity (Wildman–Crippen MR) is 91.1 cm³/mol. The third kappa shape index (κ3) is 3.47. The first-order valence-electron chi connectivity index (χ1n) is 7.43. The lowest BCUT2D eigenvalue weighted by atomic mass is 9.77. The molecule has 1 aromatic heterocycles. The molecule has 1 fully saturated rings. The molecule has 1 aliphatic rings. The number of nitrogens with two attached hydrogens (primary N) is 1. The maximum Gasteiger partial charge on any atom is 0.240 e. The quantitative estimate of drug-likeness (QED) is 0.822. The SMILES string of the molecule is CC(C)C(Sc1ccccc1)c1nc(C2(N)CCC2)no1.Cl. The molecule has 0 radical (unpaired) electrons. The molecule has 0 amide bonds. The minimum Gasteiger partial charge on any atom is -0.338 e. The van der Waals surface area contributed by atoms with Gasteiger partial charge in [0.15, 0.2) is 5.82 Å². The summed E-state index contributed by atoms with van der Waals surface area (Å²) in [6.45, 7) is 4.35. The van der Waals surface area contributed by atoms with Crippen LogP contribution in [0.1, 0.15) is 50.1 Å². The summed E-state index contributed by atoms with van der Waals surface area (Å²) in [6, 6.07) is 10.3. The molecular weight excluding hydrogens is 318 g/mol. The van der Waals surface area contributed by atoms with Crippen LogP contribution in [0.15, 0.2) is 39.8 Å². The smallest absolute Gasteiger partial charge is 0.240 e. The molecule has 120 valence electrons. The summed E-state index contributed by atoms with van der Waals surface area (Å²) >= 11 is 1.76. The van der Waals surface area contributed by atoms with E-state index in [-0.39, 0.29) is 23.2 Å². The van der Waals surface area contributed by atoms with Crippen LogP contribution in [0.2, 0.25) is 0 Å². The highest BCUT2D eigenvalue weighted by Crippen LogP contribution is 2.42. The van der Waals surface area contributed by atoms with E-state index in [1.54, 1.807) is 11.8 Å². The van der Waals surface area contributed by atoms with E-state index in [0.717, 1.165) is 19.3 Å². The number of rotatable bonds is 5. The van der Waals surface area contributed by atoms with Crippen molar-refractivity contribution in [2.24, 2.45) is 11.7 Å². The third-order valence-electron chi connectivity index (χ3n) is 3.99. The van der Waals surface area contributed by atoms with Gasteiger partial charge in [-0.25, -0.2) is 0 Å². The highest BCUT2D eigenvalue weighted by molar-refractivity contribution is 7.99. The van der Waals surface area contributed by atoms with Gasteiger partial charge in [-0.2, -0.15) is 4.98 Å². The molecule has 0 aliphatic heterocycles. The number of halogens is 1. The molecule has 0 saturated heterocycles. The number of hydrogen-bond donors (Lipinski definition) is 1. The zero-order chi connectivity index (χ0) is 14.9. The summed E-state index contributed by atoms with van der Waals surface area (Å²) in [5, 5.41) is 4.28. The van der Waals surface area contributed by atoms with E-state index in [9.17, 15) is 0 Å². The molecular formula is C16H22ClN3OS.